The number of hydrogen-bond acceptors (Lipinski definition) is 5. The van der Waals surface area contributed by atoms with Crippen LogP contribution in [0.2, 0.25) is 18.1 Å². The molecule has 1 fully saturated rings. The normalized spacial score (nSPS) is 18.2. The summed E-state index contributed by atoms with van der Waals surface area (Å²) in [5, 5.41) is 9.93. The minimum Gasteiger partial charge on any atom is -0.494 e. The van der Waals surface area contributed by atoms with Crippen LogP contribution in [0, 0.1) is 13.8 Å². The highest BCUT2D eigenvalue weighted by Gasteiger charge is 2.42. The Labute approximate surface area is 204 Å². The third-order valence-electron chi connectivity index (χ3n) is 7.39. The Bertz CT molecular complexity index is 1010. The average Bonchev–Trinajstić information content (AvgIpc) is 3.09. The van der Waals surface area contributed by atoms with Gasteiger partial charge in [-0.1, -0.05) is 20.8 Å². The van der Waals surface area contributed by atoms with E-state index in [0.29, 0.717) is 19.6 Å². The number of nitrogens with zero attached hydrogens (tertiary/aromatic N) is 4. The zero-order valence-electron chi connectivity index (χ0n) is 22.0. The van der Waals surface area contributed by atoms with Crippen LogP contribution in [0.25, 0.3) is 5.82 Å². The molecule has 0 saturated carbocycles. The molecule has 1 aliphatic heterocycles. The summed E-state index contributed by atoms with van der Waals surface area (Å²) in [5.74, 6) is 1.52. The van der Waals surface area contributed by atoms with E-state index in [1.165, 1.54) is 4.90 Å². The molecular formula is C25H40N4O4Si. The van der Waals surface area contributed by atoms with Gasteiger partial charge in [0.2, 0.25) is 0 Å². The summed E-state index contributed by atoms with van der Waals surface area (Å²) >= 11 is 0. The SMILES string of the molecule is COc1cc(-n2c(C)ccc2C)ncc1N1CCN(C(=O)O)[C@@H]([C@H](C)O[Si](C)(C)C(C)(C)C)C1. The van der Waals surface area contributed by atoms with Gasteiger partial charge in [-0.15, -0.1) is 0 Å². The summed E-state index contributed by atoms with van der Waals surface area (Å²) in [7, 11) is -0.404. The van der Waals surface area contributed by atoms with Gasteiger partial charge < -0.3 is 23.7 Å². The number of carboxylic acid groups (broad SMARTS) is 1. The summed E-state index contributed by atoms with van der Waals surface area (Å²) in [6.07, 6.45) is 0.692. The summed E-state index contributed by atoms with van der Waals surface area (Å²) in [6.45, 7) is 18.6. The molecule has 1 aliphatic rings. The Morgan fingerprint density at radius 3 is 2.35 bits per heavy atom. The molecule has 1 N–H and O–H groups in total. The second-order valence-corrected chi connectivity index (χ2v) is 15.5. The summed E-state index contributed by atoms with van der Waals surface area (Å²) in [5.41, 5.74) is 3.07. The molecule has 0 spiro atoms. The fourth-order valence-electron chi connectivity index (χ4n) is 4.36. The topological polar surface area (TPSA) is 80.1 Å². The first-order valence-corrected chi connectivity index (χ1v) is 14.8. The third-order valence-corrected chi connectivity index (χ3v) is 12.0. The second kappa shape index (κ2) is 9.62. The molecule has 2 aromatic heterocycles. The van der Waals surface area contributed by atoms with Gasteiger partial charge in [0, 0.05) is 37.1 Å². The Balaban J connectivity index is 1.90. The zero-order valence-corrected chi connectivity index (χ0v) is 23.0. The number of rotatable bonds is 6. The Kier molecular flexibility index (Phi) is 7.38. The van der Waals surface area contributed by atoms with Gasteiger partial charge in [-0.3, -0.25) is 4.90 Å². The maximum atomic E-state index is 12.1. The second-order valence-electron chi connectivity index (χ2n) is 10.7. The smallest absolute Gasteiger partial charge is 0.407 e. The van der Waals surface area contributed by atoms with Gasteiger partial charge in [-0.05, 0) is 51.0 Å². The highest BCUT2D eigenvalue weighted by Crippen LogP contribution is 2.38. The van der Waals surface area contributed by atoms with Crippen molar-refractivity contribution in [1.82, 2.24) is 14.5 Å². The molecule has 0 radical (unpaired) electrons. The lowest BCUT2D eigenvalue weighted by Crippen LogP contribution is -2.61. The van der Waals surface area contributed by atoms with Gasteiger partial charge in [0.1, 0.15) is 11.6 Å². The molecule has 34 heavy (non-hydrogen) atoms. The molecule has 9 heteroatoms. The first-order chi connectivity index (χ1) is 15.8. The van der Waals surface area contributed by atoms with E-state index >= 15 is 0 Å². The largest absolute Gasteiger partial charge is 0.494 e. The van der Waals surface area contributed by atoms with E-state index < -0.39 is 14.4 Å². The molecule has 2 aromatic rings. The maximum absolute atomic E-state index is 12.1. The fourth-order valence-corrected chi connectivity index (χ4v) is 5.80. The van der Waals surface area contributed by atoms with Crippen molar-refractivity contribution in [3.05, 3.63) is 35.8 Å². The van der Waals surface area contributed by atoms with Crippen LogP contribution in [0.3, 0.4) is 0 Å². The molecule has 2 atom stereocenters. The van der Waals surface area contributed by atoms with Gasteiger partial charge in [-0.25, -0.2) is 9.78 Å². The van der Waals surface area contributed by atoms with Crippen molar-refractivity contribution in [2.24, 2.45) is 0 Å². The van der Waals surface area contributed by atoms with Crippen LogP contribution in [-0.2, 0) is 4.43 Å². The van der Waals surface area contributed by atoms with E-state index in [9.17, 15) is 9.90 Å². The molecule has 3 heterocycles. The predicted molar refractivity (Wildman–Crippen MR) is 138 cm³/mol. The lowest BCUT2D eigenvalue weighted by Gasteiger charge is -2.46. The average molecular weight is 489 g/mol. The quantitative estimate of drug-likeness (QED) is 0.572. The monoisotopic (exact) mass is 488 g/mol. The number of methoxy groups -OCH3 is 1. The van der Waals surface area contributed by atoms with E-state index in [-0.39, 0.29) is 17.2 Å². The van der Waals surface area contributed by atoms with Gasteiger partial charge in [0.05, 0.1) is 31.1 Å². The van der Waals surface area contributed by atoms with Crippen LogP contribution in [-0.4, -0.2) is 72.9 Å². The Morgan fingerprint density at radius 2 is 1.82 bits per heavy atom. The van der Waals surface area contributed by atoms with Crippen LogP contribution in [0.15, 0.2) is 24.4 Å². The van der Waals surface area contributed by atoms with E-state index in [0.717, 1.165) is 28.6 Å². The summed E-state index contributed by atoms with van der Waals surface area (Å²) in [4.78, 5) is 20.5. The van der Waals surface area contributed by atoms with Crippen LogP contribution in [0.4, 0.5) is 10.5 Å². The molecule has 0 unspecified atom stereocenters. The Morgan fingerprint density at radius 1 is 1.21 bits per heavy atom. The van der Waals surface area contributed by atoms with E-state index in [4.69, 9.17) is 14.1 Å². The lowest BCUT2D eigenvalue weighted by atomic mass is 10.1. The van der Waals surface area contributed by atoms with E-state index in [1.54, 1.807) is 7.11 Å². The molecule has 1 amide bonds. The first-order valence-electron chi connectivity index (χ1n) is 11.9. The number of aromatic nitrogens is 2. The highest BCUT2D eigenvalue weighted by molar-refractivity contribution is 6.74. The van der Waals surface area contributed by atoms with Crippen LogP contribution < -0.4 is 9.64 Å². The minimum atomic E-state index is -2.06. The molecule has 1 saturated heterocycles. The number of anilines is 1. The van der Waals surface area contributed by atoms with E-state index in [1.807, 2.05) is 19.2 Å². The van der Waals surface area contributed by atoms with Crippen LogP contribution in [0.5, 0.6) is 5.75 Å². The van der Waals surface area contributed by atoms with Crippen LogP contribution >= 0.6 is 0 Å². The first kappa shape index (κ1) is 26.1. The molecule has 0 bridgehead atoms. The lowest BCUT2D eigenvalue weighted by molar-refractivity contribution is 0.0567. The molecule has 0 aliphatic carbocycles. The van der Waals surface area contributed by atoms with Crippen molar-refractivity contribution < 1.29 is 19.1 Å². The number of pyridine rings is 1. The van der Waals surface area contributed by atoms with E-state index in [2.05, 4.69) is 69.3 Å². The minimum absolute atomic E-state index is 0.0430. The summed E-state index contributed by atoms with van der Waals surface area (Å²) in [6, 6.07) is 5.79. The molecular weight excluding hydrogens is 448 g/mol. The van der Waals surface area contributed by atoms with Crippen LogP contribution in [0.1, 0.15) is 39.1 Å². The fraction of sp³-hybridized carbons (Fsp3) is 0.600. The maximum Gasteiger partial charge on any atom is 0.407 e. The zero-order chi connectivity index (χ0) is 25.4. The van der Waals surface area contributed by atoms with Crippen molar-refractivity contribution in [1.29, 1.82) is 0 Å². The van der Waals surface area contributed by atoms with Crippen molar-refractivity contribution >= 4 is 20.1 Å². The third kappa shape index (κ3) is 5.10. The number of carbonyl (C=O) groups is 1. The molecule has 0 aromatic carbocycles. The van der Waals surface area contributed by atoms with Crippen molar-refractivity contribution in [2.75, 3.05) is 31.6 Å². The van der Waals surface area contributed by atoms with Crippen molar-refractivity contribution in [2.45, 2.75) is 71.8 Å². The van der Waals surface area contributed by atoms with Crippen molar-refractivity contribution in [3.8, 4) is 11.6 Å². The van der Waals surface area contributed by atoms with Gasteiger partial charge in [0.25, 0.3) is 0 Å². The van der Waals surface area contributed by atoms with Crippen molar-refractivity contribution in [3.63, 3.8) is 0 Å². The van der Waals surface area contributed by atoms with Gasteiger partial charge in [0.15, 0.2) is 8.32 Å². The van der Waals surface area contributed by atoms with Gasteiger partial charge >= 0.3 is 6.09 Å². The highest BCUT2D eigenvalue weighted by atomic mass is 28.4. The summed E-state index contributed by atoms with van der Waals surface area (Å²) < 4.78 is 14.5. The molecule has 3 rings (SSSR count). The number of amides is 1. The number of piperazine rings is 1. The molecule has 188 valence electrons. The number of aryl methyl sites for hydroxylation is 2. The number of ether oxygens (including phenoxy) is 1. The predicted octanol–water partition coefficient (Wildman–Crippen LogP) is 5.08. The van der Waals surface area contributed by atoms with Gasteiger partial charge in [-0.2, -0.15) is 0 Å². The molecule has 8 nitrogen and oxygen atoms in total. The number of hydrogen-bond donors (Lipinski definition) is 1. The Hall–Kier alpha value is -2.52. The standard InChI is InChI=1S/C25H40N4O4Si/c1-17-10-11-18(2)29(17)23-14-22(32-7)20(15-26-23)27-12-13-28(24(30)31)21(16-27)19(3)33-34(8,9)25(4,5)6/h10-11,14-15,19,21H,12-13,16H2,1-9H3,(H,30,31)/t19-,21+/m0/s1.